The Morgan fingerprint density at radius 1 is 1.30 bits per heavy atom. The van der Waals surface area contributed by atoms with Gasteiger partial charge in [0.15, 0.2) is 17.1 Å². The lowest BCUT2D eigenvalue weighted by Crippen LogP contribution is -2.16. The number of halogens is 2. The maximum atomic E-state index is 12.3. The van der Waals surface area contributed by atoms with E-state index in [1.807, 2.05) is 13.0 Å². The van der Waals surface area contributed by atoms with Gasteiger partial charge >= 0.3 is 5.91 Å². The van der Waals surface area contributed by atoms with Crippen molar-refractivity contribution in [3.63, 3.8) is 0 Å². The van der Waals surface area contributed by atoms with E-state index < -0.39 is 5.91 Å². The lowest BCUT2D eigenvalue weighted by molar-refractivity contribution is 0.0929. The number of hydrogen-bond acceptors (Lipinski definition) is 5. The molecule has 3 rings (SSSR count). The number of hydrogen-bond donors (Lipinski definition) is 1. The number of ether oxygens (including phenoxy) is 2. The van der Waals surface area contributed by atoms with E-state index >= 15 is 0 Å². The number of carbonyl (C=O) groups excluding carboxylic acids is 1. The van der Waals surface area contributed by atoms with Crippen LogP contribution < -0.4 is 14.9 Å². The predicted octanol–water partition coefficient (Wildman–Crippen LogP) is 5.02. The number of hydrazone groups is 1. The van der Waals surface area contributed by atoms with Crippen molar-refractivity contribution in [3.05, 3.63) is 57.2 Å². The second-order valence-electron chi connectivity index (χ2n) is 5.45. The molecule has 1 amide bonds. The molecule has 0 radical (unpaired) electrons. The van der Waals surface area contributed by atoms with Gasteiger partial charge in [-0.2, -0.15) is 5.10 Å². The van der Waals surface area contributed by atoms with E-state index in [1.165, 1.54) is 13.3 Å². The van der Waals surface area contributed by atoms with Crippen LogP contribution in [-0.4, -0.2) is 25.8 Å². The summed E-state index contributed by atoms with van der Waals surface area (Å²) in [5.41, 5.74) is 3.58. The third-order valence-electron chi connectivity index (χ3n) is 3.63. The van der Waals surface area contributed by atoms with Gasteiger partial charge in [0.1, 0.15) is 5.75 Å². The number of fused-ring (bicyclic) bond motifs is 1. The normalized spacial score (nSPS) is 11.1. The van der Waals surface area contributed by atoms with E-state index in [1.54, 1.807) is 30.3 Å². The standard InChI is InChI=1S/C19H16BrClN2O4/c1-3-26-15-5-4-14(21)7-12(15)10-22-23-19(24)17-8-11-6-13(20)9-16(25-2)18(11)27-17/h4-10H,3H2,1-2H3,(H,23,24)/b22-10-. The minimum atomic E-state index is -0.486. The molecule has 0 fully saturated rings. The van der Waals surface area contributed by atoms with Crippen LogP contribution in [0.5, 0.6) is 11.5 Å². The van der Waals surface area contributed by atoms with Crippen molar-refractivity contribution in [1.29, 1.82) is 0 Å². The fourth-order valence-electron chi connectivity index (χ4n) is 2.47. The molecule has 0 aliphatic rings. The topological polar surface area (TPSA) is 73.1 Å². The Morgan fingerprint density at radius 3 is 2.85 bits per heavy atom. The molecule has 1 heterocycles. The Bertz CT molecular complexity index is 1020. The summed E-state index contributed by atoms with van der Waals surface area (Å²) in [4.78, 5) is 12.3. The monoisotopic (exact) mass is 450 g/mol. The quantitative estimate of drug-likeness (QED) is 0.422. The van der Waals surface area contributed by atoms with E-state index in [0.717, 1.165) is 9.86 Å². The number of amides is 1. The largest absolute Gasteiger partial charge is 0.493 e. The fraction of sp³-hybridized carbons (Fsp3) is 0.158. The second-order valence-corrected chi connectivity index (χ2v) is 6.80. The molecule has 1 aromatic heterocycles. The van der Waals surface area contributed by atoms with Crippen molar-refractivity contribution in [2.24, 2.45) is 5.10 Å². The maximum Gasteiger partial charge on any atom is 0.307 e. The van der Waals surface area contributed by atoms with Crippen LogP contribution in [0.2, 0.25) is 5.02 Å². The molecular weight excluding hydrogens is 436 g/mol. The molecule has 27 heavy (non-hydrogen) atoms. The van der Waals surface area contributed by atoms with Crippen molar-refractivity contribution in [2.45, 2.75) is 6.92 Å². The van der Waals surface area contributed by atoms with Gasteiger partial charge in [0.2, 0.25) is 0 Å². The van der Waals surface area contributed by atoms with Crippen LogP contribution in [0.15, 0.2) is 50.4 Å². The average molecular weight is 452 g/mol. The third kappa shape index (κ3) is 4.43. The smallest absolute Gasteiger partial charge is 0.307 e. The number of methoxy groups -OCH3 is 1. The second kappa shape index (κ2) is 8.45. The first-order valence-corrected chi connectivity index (χ1v) is 9.21. The highest BCUT2D eigenvalue weighted by Gasteiger charge is 2.15. The van der Waals surface area contributed by atoms with Crippen LogP contribution in [0.4, 0.5) is 0 Å². The minimum absolute atomic E-state index is 0.120. The first-order valence-electron chi connectivity index (χ1n) is 8.04. The van der Waals surface area contributed by atoms with Gasteiger partial charge in [-0.3, -0.25) is 4.79 Å². The fourth-order valence-corrected chi connectivity index (χ4v) is 3.11. The van der Waals surface area contributed by atoms with E-state index in [-0.39, 0.29) is 5.76 Å². The first-order chi connectivity index (χ1) is 13.0. The van der Waals surface area contributed by atoms with E-state index in [2.05, 4.69) is 26.5 Å². The summed E-state index contributed by atoms with van der Waals surface area (Å²) in [6.45, 7) is 2.39. The van der Waals surface area contributed by atoms with Crippen molar-refractivity contribution < 1.29 is 18.7 Å². The molecule has 140 valence electrons. The van der Waals surface area contributed by atoms with Gasteiger partial charge in [-0.15, -0.1) is 0 Å². The lowest BCUT2D eigenvalue weighted by atomic mass is 10.2. The molecule has 1 N–H and O–H groups in total. The van der Waals surface area contributed by atoms with Gasteiger partial charge in [-0.1, -0.05) is 27.5 Å². The van der Waals surface area contributed by atoms with Gasteiger partial charge in [-0.05, 0) is 43.3 Å². The summed E-state index contributed by atoms with van der Waals surface area (Å²) in [5, 5.41) is 5.25. The van der Waals surface area contributed by atoms with Crippen molar-refractivity contribution in [3.8, 4) is 11.5 Å². The highest BCUT2D eigenvalue weighted by Crippen LogP contribution is 2.32. The zero-order valence-corrected chi connectivity index (χ0v) is 16.9. The van der Waals surface area contributed by atoms with Crippen molar-refractivity contribution >= 4 is 50.6 Å². The predicted molar refractivity (Wildman–Crippen MR) is 108 cm³/mol. The molecule has 3 aromatic rings. The van der Waals surface area contributed by atoms with Gasteiger partial charge in [0, 0.05) is 20.4 Å². The van der Waals surface area contributed by atoms with E-state index in [4.69, 9.17) is 25.5 Å². The molecule has 6 nitrogen and oxygen atoms in total. The molecule has 0 unspecified atom stereocenters. The molecule has 0 saturated carbocycles. The molecular formula is C19H16BrClN2O4. The zero-order chi connectivity index (χ0) is 19.4. The highest BCUT2D eigenvalue weighted by atomic mass is 79.9. The average Bonchev–Trinajstić information content (AvgIpc) is 3.07. The number of benzene rings is 2. The molecule has 0 aliphatic heterocycles. The van der Waals surface area contributed by atoms with Crippen LogP contribution in [-0.2, 0) is 0 Å². The van der Waals surface area contributed by atoms with Crippen LogP contribution >= 0.6 is 27.5 Å². The van der Waals surface area contributed by atoms with Crippen LogP contribution in [0, 0.1) is 0 Å². The number of nitrogens with one attached hydrogen (secondary N) is 1. The summed E-state index contributed by atoms with van der Waals surface area (Å²) >= 11 is 9.40. The number of carbonyl (C=O) groups is 1. The Hall–Kier alpha value is -2.51. The molecule has 0 bridgehead atoms. The molecule has 2 aromatic carbocycles. The Morgan fingerprint density at radius 2 is 2.11 bits per heavy atom. The van der Waals surface area contributed by atoms with E-state index in [0.29, 0.717) is 34.3 Å². The first kappa shape index (κ1) is 19.3. The molecule has 0 saturated heterocycles. The highest BCUT2D eigenvalue weighted by molar-refractivity contribution is 9.10. The Balaban J connectivity index is 1.79. The molecule has 0 aliphatic carbocycles. The summed E-state index contributed by atoms with van der Waals surface area (Å²) in [5.74, 6) is 0.788. The van der Waals surface area contributed by atoms with Crippen molar-refractivity contribution in [2.75, 3.05) is 13.7 Å². The number of nitrogens with zero attached hydrogens (tertiary/aromatic N) is 1. The molecule has 0 atom stereocenters. The van der Waals surface area contributed by atoms with Gasteiger partial charge in [0.25, 0.3) is 0 Å². The summed E-state index contributed by atoms with van der Waals surface area (Å²) in [6.07, 6.45) is 1.47. The zero-order valence-electron chi connectivity index (χ0n) is 14.6. The SMILES string of the molecule is CCOc1ccc(Cl)cc1/C=N\NC(=O)c1cc2cc(Br)cc(OC)c2o1. The van der Waals surface area contributed by atoms with Crippen LogP contribution in [0.1, 0.15) is 23.0 Å². The molecule has 8 heteroatoms. The van der Waals surface area contributed by atoms with Crippen LogP contribution in [0.25, 0.3) is 11.0 Å². The summed E-state index contributed by atoms with van der Waals surface area (Å²) < 4.78 is 17.2. The maximum absolute atomic E-state index is 12.3. The van der Waals surface area contributed by atoms with Crippen LogP contribution in [0.3, 0.4) is 0 Å². The van der Waals surface area contributed by atoms with Gasteiger partial charge < -0.3 is 13.9 Å². The number of furan rings is 1. The Kier molecular flexibility index (Phi) is 6.03. The van der Waals surface area contributed by atoms with Gasteiger partial charge in [-0.25, -0.2) is 5.43 Å². The minimum Gasteiger partial charge on any atom is -0.493 e. The third-order valence-corrected chi connectivity index (χ3v) is 4.33. The molecule has 0 spiro atoms. The number of rotatable bonds is 6. The summed E-state index contributed by atoms with van der Waals surface area (Å²) in [6, 6.07) is 10.4. The summed E-state index contributed by atoms with van der Waals surface area (Å²) in [7, 11) is 1.54. The van der Waals surface area contributed by atoms with Crippen molar-refractivity contribution in [1.82, 2.24) is 5.43 Å². The Labute approximate surface area is 169 Å². The van der Waals surface area contributed by atoms with E-state index in [9.17, 15) is 4.79 Å². The van der Waals surface area contributed by atoms with Gasteiger partial charge in [0.05, 0.1) is 19.9 Å². The lowest BCUT2D eigenvalue weighted by Gasteiger charge is -2.06.